The molecule has 9 heteroatoms. The third kappa shape index (κ3) is 3.50. The number of para-hydroxylation sites is 1. The molecule has 7 nitrogen and oxygen atoms in total. The molecule has 42 heavy (non-hydrogen) atoms. The van der Waals surface area contributed by atoms with Crippen LogP contribution in [0.4, 0.5) is 11.4 Å². The van der Waals surface area contributed by atoms with Crippen molar-refractivity contribution in [3.63, 3.8) is 0 Å². The van der Waals surface area contributed by atoms with Gasteiger partial charge in [0.1, 0.15) is 11.5 Å². The molecule has 4 aromatic rings. The minimum Gasteiger partial charge on any atom is -0.352 e. The lowest BCUT2D eigenvalue weighted by molar-refractivity contribution is -0.384. The molecule has 1 fully saturated rings. The van der Waals surface area contributed by atoms with Crippen LogP contribution in [-0.2, 0) is 0 Å². The van der Waals surface area contributed by atoms with E-state index in [9.17, 15) is 24.5 Å². The van der Waals surface area contributed by atoms with Gasteiger partial charge in [-0.15, -0.1) is 0 Å². The number of nitrogens with zero attached hydrogens (tertiary/aromatic N) is 2. The van der Waals surface area contributed by atoms with Crippen molar-refractivity contribution in [1.29, 1.82) is 0 Å². The second kappa shape index (κ2) is 9.48. The van der Waals surface area contributed by atoms with Gasteiger partial charge in [0.15, 0.2) is 17.3 Å². The van der Waals surface area contributed by atoms with Gasteiger partial charge in [-0.2, -0.15) is 0 Å². The Morgan fingerprint density at radius 2 is 1.50 bits per heavy atom. The van der Waals surface area contributed by atoms with Crippen LogP contribution < -0.4 is 4.90 Å². The highest BCUT2D eigenvalue weighted by Crippen LogP contribution is 2.61. The van der Waals surface area contributed by atoms with Crippen LogP contribution >= 0.6 is 23.2 Å². The molecule has 7 rings (SSSR count). The summed E-state index contributed by atoms with van der Waals surface area (Å²) in [6.07, 6.45) is 3.70. The Balaban J connectivity index is 1.54. The molecule has 4 aromatic carbocycles. The fourth-order valence-corrected chi connectivity index (χ4v) is 7.46. The van der Waals surface area contributed by atoms with E-state index in [1.807, 2.05) is 41.3 Å². The number of fused-ring (bicyclic) bond motifs is 5. The van der Waals surface area contributed by atoms with E-state index in [0.717, 1.165) is 5.56 Å². The zero-order valence-corrected chi connectivity index (χ0v) is 23.3. The van der Waals surface area contributed by atoms with Gasteiger partial charge in [0.2, 0.25) is 0 Å². The number of Topliss-reactive ketones (excluding diaryl/α,β-unsaturated/α-hetero) is 3. The molecule has 0 aromatic heterocycles. The van der Waals surface area contributed by atoms with E-state index in [0.29, 0.717) is 27.4 Å². The maximum atomic E-state index is 14.7. The van der Waals surface area contributed by atoms with Crippen LogP contribution in [-0.4, -0.2) is 34.4 Å². The standard InChI is InChI=1S/C33H20Cl2N2O5/c34-20-12-15-24(25(35)17-20)28-29(30(38)19-9-13-21(14-10-19)37(41)42)36-26-8-4-1-5-18(26)11-16-27(36)33(28)31(39)22-6-2-3-7-23(22)32(33)40/h1-17,27-29H/t27-,28+,29+/m1/s1. The molecule has 1 spiro atoms. The van der Waals surface area contributed by atoms with E-state index >= 15 is 0 Å². The first-order valence-electron chi connectivity index (χ1n) is 13.2. The molecule has 1 saturated heterocycles. The van der Waals surface area contributed by atoms with Gasteiger partial charge in [-0.25, -0.2) is 0 Å². The third-order valence-electron chi connectivity index (χ3n) is 8.64. The Bertz CT molecular complexity index is 1850. The molecular formula is C33H20Cl2N2O5. The van der Waals surface area contributed by atoms with E-state index in [4.69, 9.17) is 23.2 Å². The maximum Gasteiger partial charge on any atom is 0.269 e. The molecule has 0 unspecified atom stereocenters. The molecule has 0 bridgehead atoms. The first-order valence-corrected chi connectivity index (χ1v) is 14.0. The molecule has 0 saturated carbocycles. The Morgan fingerprint density at radius 3 is 2.14 bits per heavy atom. The van der Waals surface area contributed by atoms with Crippen molar-refractivity contribution in [3.8, 4) is 0 Å². The number of hydrogen-bond acceptors (Lipinski definition) is 6. The van der Waals surface area contributed by atoms with E-state index in [-0.39, 0.29) is 27.8 Å². The summed E-state index contributed by atoms with van der Waals surface area (Å²) in [6.45, 7) is 0. The van der Waals surface area contributed by atoms with Crippen molar-refractivity contribution in [3.05, 3.63) is 145 Å². The van der Waals surface area contributed by atoms with Crippen LogP contribution in [0.25, 0.3) is 6.08 Å². The minimum absolute atomic E-state index is 0.160. The van der Waals surface area contributed by atoms with Gasteiger partial charge in [-0.3, -0.25) is 24.5 Å². The van der Waals surface area contributed by atoms with Crippen LogP contribution in [0.1, 0.15) is 48.1 Å². The highest BCUT2D eigenvalue weighted by Gasteiger charge is 2.71. The molecule has 2 heterocycles. The average molecular weight is 595 g/mol. The smallest absolute Gasteiger partial charge is 0.269 e. The first kappa shape index (κ1) is 26.3. The van der Waals surface area contributed by atoms with Gasteiger partial charge in [0.25, 0.3) is 5.69 Å². The van der Waals surface area contributed by atoms with Gasteiger partial charge >= 0.3 is 0 Å². The Morgan fingerprint density at radius 1 is 0.857 bits per heavy atom. The van der Waals surface area contributed by atoms with E-state index in [1.54, 1.807) is 36.4 Å². The number of nitro groups is 1. The molecule has 206 valence electrons. The average Bonchev–Trinajstić information content (AvgIpc) is 3.43. The molecule has 3 atom stereocenters. The largest absolute Gasteiger partial charge is 0.352 e. The van der Waals surface area contributed by atoms with Gasteiger partial charge in [0.05, 0.1) is 11.0 Å². The lowest BCUT2D eigenvalue weighted by Gasteiger charge is -2.37. The summed E-state index contributed by atoms with van der Waals surface area (Å²) in [7, 11) is 0. The molecule has 3 aliphatic rings. The number of carbonyl (C=O) groups excluding carboxylic acids is 3. The van der Waals surface area contributed by atoms with Gasteiger partial charge in [0, 0.05) is 50.5 Å². The molecular weight excluding hydrogens is 575 g/mol. The summed E-state index contributed by atoms with van der Waals surface area (Å²) in [5, 5.41) is 11.9. The van der Waals surface area contributed by atoms with Crippen LogP contribution in [0.15, 0.2) is 97.1 Å². The number of benzene rings is 4. The number of anilines is 1. The van der Waals surface area contributed by atoms with Crippen molar-refractivity contribution in [2.45, 2.75) is 18.0 Å². The number of non-ortho nitro benzene ring substituents is 1. The van der Waals surface area contributed by atoms with Gasteiger partial charge in [-0.1, -0.05) is 83.9 Å². The fourth-order valence-electron chi connectivity index (χ4n) is 6.93. The predicted octanol–water partition coefficient (Wildman–Crippen LogP) is 7.22. The number of ketones is 3. The minimum atomic E-state index is -1.72. The Labute approximate surface area is 250 Å². The van der Waals surface area contributed by atoms with Gasteiger partial charge in [-0.05, 0) is 41.5 Å². The van der Waals surface area contributed by atoms with E-state index < -0.39 is 34.1 Å². The van der Waals surface area contributed by atoms with Crippen LogP contribution in [0.3, 0.4) is 0 Å². The van der Waals surface area contributed by atoms with Gasteiger partial charge < -0.3 is 4.90 Å². The normalized spacial score (nSPS) is 21.3. The molecule has 0 radical (unpaired) electrons. The van der Waals surface area contributed by atoms with E-state index in [1.165, 1.54) is 30.3 Å². The number of hydrogen-bond donors (Lipinski definition) is 0. The highest BCUT2D eigenvalue weighted by molar-refractivity contribution is 6.36. The third-order valence-corrected chi connectivity index (χ3v) is 9.20. The summed E-state index contributed by atoms with van der Waals surface area (Å²) in [5.41, 5.74) is 0.883. The van der Waals surface area contributed by atoms with Crippen molar-refractivity contribution in [2.24, 2.45) is 5.41 Å². The summed E-state index contributed by atoms with van der Waals surface area (Å²) in [6, 6.07) is 22.5. The second-order valence-electron chi connectivity index (χ2n) is 10.6. The molecule has 1 aliphatic carbocycles. The van der Waals surface area contributed by atoms with Crippen LogP contribution in [0.5, 0.6) is 0 Å². The number of halogens is 2. The summed E-state index contributed by atoms with van der Waals surface area (Å²) < 4.78 is 0. The molecule has 2 aliphatic heterocycles. The summed E-state index contributed by atoms with van der Waals surface area (Å²) in [5.74, 6) is -2.17. The van der Waals surface area contributed by atoms with Crippen molar-refractivity contribution >= 4 is 58.0 Å². The number of carbonyl (C=O) groups is 3. The van der Waals surface area contributed by atoms with Crippen LogP contribution in [0, 0.1) is 15.5 Å². The lowest BCUT2D eigenvalue weighted by Crippen LogP contribution is -2.48. The number of nitro benzene ring substituents is 1. The first-order chi connectivity index (χ1) is 20.2. The quantitative estimate of drug-likeness (QED) is 0.107. The molecule has 0 N–H and O–H groups in total. The highest BCUT2D eigenvalue weighted by atomic mass is 35.5. The SMILES string of the molecule is O=C(c1ccc([N+](=O)[O-])cc1)[C@@H]1[C@H](c2ccc(Cl)cc2Cl)C2(C(=O)c3ccccc3C2=O)[C@H]2C=Cc3ccccc3N12. The predicted molar refractivity (Wildman–Crippen MR) is 160 cm³/mol. The Hall–Kier alpha value is -4.59. The lowest BCUT2D eigenvalue weighted by atomic mass is 9.64. The van der Waals surface area contributed by atoms with E-state index in [2.05, 4.69) is 0 Å². The summed E-state index contributed by atoms with van der Waals surface area (Å²) in [4.78, 5) is 56.6. The summed E-state index contributed by atoms with van der Waals surface area (Å²) >= 11 is 13.1. The monoisotopic (exact) mass is 594 g/mol. The Kier molecular flexibility index (Phi) is 5.94. The van der Waals surface area contributed by atoms with Crippen molar-refractivity contribution < 1.29 is 19.3 Å². The maximum absolute atomic E-state index is 14.7. The van der Waals surface area contributed by atoms with Crippen LogP contribution in [0.2, 0.25) is 10.0 Å². The van der Waals surface area contributed by atoms with Crippen molar-refractivity contribution in [2.75, 3.05) is 4.90 Å². The fraction of sp³-hybridized carbons (Fsp3) is 0.121. The topological polar surface area (TPSA) is 97.6 Å². The zero-order chi connectivity index (χ0) is 29.3. The molecule has 0 amide bonds. The second-order valence-corrected chi connectivity index (χ2v) is 11.4. The number of rotatable bonds is 4. The zero-order valence-electron chi connectivity index (χ0n) is 21.7. The van der Waals surface area contributed by atoms with Crippen molar-refractivity contribution in [1.82, 2.24) is 0 Å².